The first-order valence-corrected chi connectivity index (χ1v) is 5.63. The zero-order valence-corrected chi connectivity index (χ0v) is 10.1. The van der Waals surface area contributed by atoms with E-state index in [-0.39, 0.29) is 0 Å². The first-order valence-electron chi connectivity index (χ1n) is 5.63. The molecule has 0 aliphatic rings. The molecule has 0 saturated carbocycles. The fourth-order valence-electron chi connectivity index (χ4n) is 1.26. The van der Waals surface area contributed by atoms with Crippen LogP contribution in [-0.4, -0.2) is 43.7 Å². The summed E-state index contributed by atoms with van der Waals surface area (Å²) in [7, 11) is 0. The Bertz CT molecular complexity index is 169. The van der Waals surface area contributed by atoms with Gasteiger partial charge in [-0.2, -0.15) is 0 Å². The maximum absolute atomic E-state index is 5.41. The average molecular weight is 216 g/mol. The van der Waals surface area contributed by atoms with Crippen LogP contribution in [0.5, 0.6) is 0 Å². The second kappa shape index (κ2) is 9.73. The quantitative estimate of drug-likeness (QED) is 0.215. The molecule has 0 rings (SSSR count). The molecule has 0 aliphatic carbocycles. The zero-order chi connectivity index (χ0) is 11.5. The molecular formula is C10H24N4O. The molecule has 0 heterocycles. The number of nitrogens with one attached hydrogen (secondary N) is 1. The van der Waals surface area contributed by atoms with Crippen LogP contribution in [0.2, 0.25) is 0 Å². The van der Waals surface area contributed by atoms with E-state index >= 15 is 0 Å². The van der Waals surface area contributed by atoms with Gasteiger partial charge in [0.05, 0.1) is 0 Å². The molecule has 15 heavy (non-hydrogen) atoms. The first kappa shape index (κ1) is 14.2. The van der Waals surface area contributed by atoms with Crippen LogP contribution in [0.15, 0.2) is 4.99 Å². The number of hydrazine groups is 1. The van der Waals surface area contributed by atoms with E-state index in [1.165, 1.54) is 0 Å². The number of rotatable bonds is 7. The van der Waals surface area contributed by atoms with Gasteiger partial charge in [0.15, 0.2) is 0 Å². The summed E-state index contributed by atoms with van der Waals surface area (Å²) in [4.78, 5) is 6.47. The smallest absolute Gasteiger partial charge is 0.208 e. The Morgan fingerprint density at radius 1 is 1.33 bits per heavy atom. The second-order valence-corrected chi connectivity index (χ2v) is 3.07. The molecule has 90 valence electrons. The third kappa shape index (κ3) is 6.30. The van der Waals surface area contributed by atoms with Crippen molar-refractivity contribution in [2.24, 2.45) is 10.8 Å². The van der Waals surface area contributed by atoms with Crippen molar-refractivity contribution < 1.29 is 4.74 Å². The van der Waals surface area contributed by atoms with Crippen molar-refractivity contribution in [1.29, 1.82) is 0 Å². The largest absolute Gasteiger partial charge is 0.382 e. The van der Waals surface area contributed by atoms with Crippen molar-refractivity contribution in [2.75, 3.05) is 32.8 Å². The van der Waals surface area contributed by atoms with Gasteiger partial charge in [-0.15, -0.1) is 0 Å². The predicted molar refractivity (Wildman–Crippen MR) is 63.7 cm³/mol. The van der Waals surface area contributed by atoms with Crippen LogP contribution in [-0.2, 0) is 4.74 Å². The Hall–Kier alpha value is -0.810. The number of nitrogens with zero attached hydrogens (tertiary/aromatic N) is 2. The van der Waals surface area contributed by atoms with Crippen LogP contribution in [0.3, 0.4) is 0 Å². The number of ether oxygens (including phenoxy) is 1. The maximum Gasteiger partial charge on any atom is 0.208 e. The van der Waals surface area contributed by atoms with Gasteiger partial charge in [-0.05, 0) is 27.2 Å². The third-order valence-electron chi connectivity index (χ3n) is 2.10. The minimum absolute atomic E-state index is 0.746. The van der Waals surface area contributed by atoms with Gasteiger partial charge < -0.3 is 9.64 Å². The van der Waals surface area contributed by atoms with E-state index in [0.29, 0.717) is 0 Å². The van der Waals surface area contributed by atoms with E-state index in [0.717, 1.165) is 45.2 Å². The van der Waals surface area contributed by atoms with Crippen LogP contribution < -0.4 is 11.3 Å². The highest BCUT2D eigenvalue weighted by Gasteiger charge is 2.03. The van der Waals surface area contributed by atoms with E-state index in [1.807, 2.05) is 6.92 Å². The SMILES string of the molecule is CCOCCCN=C(NN)N(CC)CC. The predicted octanol–water partition coefficient (Wildman–Crippen LogP) is 0.574. The molecule has 0 aromatic carbocycles. The number of hydrogen-bond donors (Lipinski definition) is 2. The second-order valence-electron chi connectivity index (χ2n) is 3.07. The molecule has 0 atom stereocenters. The fraction of sp³-hybridized carbons (Fsp3) is 0.900. The molecule has 0 radical (unpaired) electrons. The van der Waals surface area contributed by atoms with Crippen LogP contribution in [0.25, 0.3) is 0 Å². The molecule has 0 fully saturated rings. The summed E-state index contributed by atoms with van der Waals surface area (Å²) in [6.45, 7) is 10.2. The molecule has 5 nitrogen and oxygen atoms in total. The van der Waals surface area contributed by atoms with Crippen LogP contribution in [0, 0.1) is 0 Å². The zero-order valence-electron chi connectivity index (χ0n) is 10.1. The minimum Gasteiger partial charge on any atom is -0.382 e. The summed E-state index contributed by atoms with van der Waals surface area (Å²) in [5.41, 5.74) is 2.63. The molecule has 0 amide bonds. The van der Waals surface area contributed by atoms with Crippen molar-refractivity contribution in [3.05, 3.63) is 0 Å². The molecule has 0 aromatic rings. The van der Waals surface area contributed by atoms with Gasteiger partial charge >= 0.3 is 0 Å². The molecule has 0 saturated heterocycles. The molecular weight excluding hydrogens is 192 g/mol. The fourth-order valence-corrected chi connectivity index (χ4v) is 1.26. The lowest BCUT2D eigenvalue weighted by Gasteiger charge is -2.21. The van der Waals surface area contributed by atoms with Crippen LogP contribution >= 0.6 is 0 Å². The van der Waals surface area contributed by atoms with Gasteiger partial charge in [0, 0.05) is 32.8 Å². The van der Waals surface area contributed by atoms with Gasteiger partial charge in [0.25, 0.3) is 0 Å². The van der Waals surface area contributed by atoms with Crippen LogP contribution in [0.1, 0.15) is 27.2 Å². The maximum atomic E-state index is 5.41. The highest BCUT2D eigenvalue weighted by molar-refractivity contribution is 5.79. The van der Waals surface area contributed by atoms with Crippen molar-refractivity contribution in [1.82, 2.24) is 10.3 Å². The first-order chi connectivity index (χ1) is 7.29. The van der Waals surface area contributed by atoms with Crippen molar-refractivity contribution in [3.63, 3.8) is 0 Å². The van der Waals surface area contributed by atoms with E-state index < -0.39 is 0 Å². The molecule has 0 aromatic heterocycles. The lowest BCUT2D eigenvalue weighted by atomic mass is 10.4. The number of guanidine groups is 1. The topological polar surface area (TPSA) is 62.9 Å². The molecule has 0 bridgehead atoms. The summed E-state index contributed by atoms with van der Waals surface area (Å²) < 4.78 is 5.23. The van der Waals surface area contributed by atoms with Crippen LogP contribution in [0.4, 0.5) is 0 Å². The highest BCUT2D eigenvalue weighted by atomic mass is 16.5. The summed E-state index contributed by atoms with van der Waals surface area (Å²) in [5.74, 6) is 6.17. The van der Waals surface area contributed by atoms with E-state index in [2.05, 4.69) is 29.2 Å². The Balaban J connectivity index is 3.87. The molecule has 5 heteroatoms. The standard InChI is InChI=1S/C10H24N4O/c1-4-14(5-2)10(13-11)12-8-7-9-15-6-3/h4-9,11H2,1-3H3,(H,12,13). The molecule has 0 aliphatic heterocycles. The number of aliphatic imine (C=N–C) groups is 1. The third-order valence-corrected chi connectivity index (χ3v) is 2.10. The Labute approximate surface area is 92.7 Å². The van der Waals surface area contributed by atoms with Gasteiger partial charge in [0.1, 0.15) is 0 Å². The Morgan fingerprint density at radius 3 is 2.47 bits per heavy atom. The van der Waals surface area contributed by atoms with Crippen molar-refractivity contribution in [3.8, 4) is 0 Å². The van der Waals surface area contributed by atoms with Crippen molar-refractivity contribution >= 4 is 5.96 Å². The Morgan fingerprint density at radius 2 is 2.00 bits per heavy atom. The summed E-state index contributed by atoms with van der Waals surface area (Å²) in [6.07, 6.45) is 0.931. The summed E-state index contributed by atoms with van der Waals surface area (Å²) in [6, 6.07) is 0. The summed E-state index contributed by atoms with van der Waals surface area (Å²) in [5, 5.41) is 0. The van der Waals surface area contributed by atoms with E-state index in [1.54, 1.807) is 0 Å². The normalized spacial score (nSPS) is 11.6. The van der Waals surface area contributed by atoms with Crippen molar-refractivity contribution in [2.45, 2.75) is 27.2 Å². The molecule has 3 N–H and O–H groups in total. The van der Waals surface area contributed by atoms with Gasteiger partial charge in [-0.25, -0.2) is 5.84 Å². The highest BCUT2D eigenvalue weighted by Crippen LogP contribution is 1.90. The monoisotopic (exact) mass is 216 g/mol. The number of hydrogen-bond acceptors (Lipinski definition) is 3. The minimum atomic E-state index is 0.746. The Kier molecular flexibility index (Phi) is 9.21. The molecule has 0 unspecified atom stereocenters. The van der Waals surface area contributed by atoms with E-state index in [4.69, 9.17) is 10.6 Å². The molecule has 0 spiro atoms. The van der Waals surface area contributed by atoms with Gasteiger partial charge in [-0.3, -0.25) is 10.4 Å². The lowest BCUT2D eigenvalue weighted by Crippen LogP contribution is -2.44. The average Bonchev–Trinajstić information content (AvgIpc) is 2.27. The number of nitrogens with two attached hydrogens (primary N) is 1. The van der Waals surface area contributed by atoms with E-state index in [9.17, 15) is 0 Å². The van der Waals surface area contributed by atoms with Gasteiger partial charge in [-0.1, -0.05) is 0 Å². The van der Waals surface area contributed by atoms with Gasteiger partial charge in [0.2, 0.25) is 5.96 Å². The lowest BCUT2D eigenvalue weighted by molar-refractivity contribution is 0.146. The summed E-state index contributed by atoms with van der Waals surface area (Å²) >= 11 is 0.